The average molecular weight is 250 g/mol. The zero-order valence-corrected chi connectivity index (χ0v) is 11.6. The maximum atomic E-state index is 10.7. The van der Waals surface area contributed by atoms with Crippen LogP contribution >= 0.6 is 0 Å². The van der Waals surface area contributed by atoms with Crippen molar-refractivity contribution < 1.29 is 14.6 Å². The third-order valence-corrected chi connectivity index (χ3v) is 3.22. The molecule has 0 atom stereocenters. The van der Waals surface area contributed by atoms with Gasteiger partial charge in [-0.25, -0.2) is 0 Å². The number of benzene rings is 1. The Morgan fingerprint density at radius 1 is 1.39 bits per heavy atom. The molecule has 3 heteroatoms. The summed E-state index contributed by atoms with van der Waals surface area (Å²) in [5.74, 6) is 0.154. The Bertz CT molecular complexity index is 422. The van der Waals surface area contributed by atoms with Gasteiger partial charge in [-0.2, -0.15) is 0 Å². The van der Waals surface area contributed by atoms with Crippen LogP contribution in [-0.4, -0.2) is 17.7 Å². The first-order valence-corrected chi connectivity index (χ1v) is 6.32. The third-order valence-electron chi connectivity index (χ3n) is 3.22. The Labute approximate surface area is 109 Å². The van der Waals surface area contributed by atoms with Crippen LogP contribution in [0.2, 0.25) is 0 Å². The second-order valence-electron chi connectivity index (χ2n) is 5.19. The van der Waals surface area contributed by atoms with Crippen LogP contribution in [0.15, 0.2) is 18.2 Å². The summed E-state index contributed by atoms with van der Waals surface area (Å²) in [6, 6.07) is 6.09. The molecule has 1 N–H and O–H groups in total. The summed E-state index contributed by atoms with van der Waals surface area (Å²) in [5, 5.41) is 8.77. The number of carboxylic acid groups (broad SMARTS) is 1. The third kappa shape index (κ3) is 3.76. The Hall–Kier alpha value is -1.51. The highest BCUT2D eigenvalue weighted by molar-refractivity contribution is 5.66. The lowest BCUT2D eigenvalue weighted by Gasteiger charge is -2.25. The van der Waals surface area contributed by atoms with Crippen LogP contribution in [0.4, 0.5) is 0 Å². The largest absolute Gasteiger partial charge is 0.494 e. The van der Waals surface area contributed by atoms with E-state index < -0.39 is 5.97 Å². The second kappa shape index (κ2) is 5.89. The van der Waals surface area contributed by atoms with E-state index in [1.807, 2.05) is 26.0 Å². The maximum Gasteiger partial charge on any atom is 0.303 e. The van der Waals surface area contributed by atoms with E-state index in [0.717, 1.165) is 16.9 Å². The average Bonchev–Trinajstić information content (AvgIpc) is 2.29. The molecule has 0 radical (unpaired) electrons. The molecule has 100 valence electrons. The molecule has 1 aromatic carbocycles. The summed E-state index contributed by atoms with van der Waals surface area (Å²) in [7, 11) is 0. The molecule has 0 aliphatic rings. The van der Waals surface area contributed by atoms with E-state index in [2.05, 4.69) is 19.9 Å². The molecule has 0 aliphatic heterocycles. The molecule has 0 saturated carbocycles. The molecule has 0 aromatic heterocycles. The van der Waals surface area contributed by atoms with Gasteiger partial charge < -0.3 is 9.84 Å². The predicted octanol–water partition coefficient (Wildman–Crippen LogP) is 3.54. The van der Waals surface area contributed by atoms with Crippen molar-refractivity contribution in [2.45, 2.75) is 46.0 Å². The molecule has 1 aromatic rings. The molecule has 0 heterocycles. The molecule has 0 unspecified atom stereocenters. The van der Waals surface area contributed by atoms with Gasteiger partial charge in [-0.15, -0.1) is 0 Å². The predicted molar refractivity (Wildman–Crippen MR) is 72.2 cm³/mol. The van der Waals surface area contributed by atoms with E-state index in [1.54, 1.807) is 0 Å². The van der Waals surface area contributed by atoms with Gasteiger partial charge in [0.05, 0.1) is 6.61 Å². The van der Waals surface area contributed by atoms with Gasteiger partial charge in [0.1, 0.15) is 5.75 Å². The van der Waals surface area contributed by atoms with Gasteiger partial charge in [-0.3, -0.25) is 4.79 Å². The molecule has 0 fully saturated rings. The van der Waals surface area contributed by atoms with Gasteiger partial charge in [-0.05, 0) is 42.9 Å². The number of hydrogen-bond acceptors (Lipinski definition) is 2. The summed E-state index contributed by atoms with van der Waals surface area (Å²) in [6.07, 6.45) is 0.828. The van der Waals surface area contributed by atoms with Gasteiger partial charge in [0.15, 0.2) is 0 Å². The minimum Gasteiger partial charge on any atom is -0.494 e. The standard InChI is InChI=1S/C15H22O3/c1-5-18-13-7-6-12(10-11(13)2)15(3,4)9-8-14(16)17/h6-7,10H,5,8-9H2,1-4H3,(H,16,17). The van der Waals surface area contributed by atoms with Crippen LogP contribution in [0.1, 0.15) is 44.7 Å². The molecular weight excluding hydrogens is 228 g/mol. The molecule has 0 saturated heterocycles. The number of ether oxygens (including phenoxy) is 1. The van der Waals surface area contributed by atoms with Crippen LogP contribution in [0.25, 0.3) is 0 Å². The normalized spacial score (nSPS) is 11.3. The minimum atomic E-state index is -0.745. The fourth-order valence-corrected chi connectivity index (χ4v) is 1.95. The van der Waals surface area contributed by atoms with E-state index in [0.29, 0.717) is 13.0 Å². The van der Waals surface area contributed by atoms with E-state index in [-0.39, 0.29) is 11.8 Å². The molecule has 1 rings (SSSR count). The van der Waals surface area contributed by atoms with Crippen molar-refractivity contribution in [1.82, 2.24) is 0 Å². The highest BCUT2D eigenvalue weighted by atomic mass is 16.5. The van der Waals surface area contributed by atoms with E-state index in [1.165, 1.54) is 0 Å². The summed E-state index contributed by atoms with van der Waals surface area (Å²) >= 11 is 0. The Morgan fingerprint density at radius 3 is 2.56 bits per heavy atom. The van der Waals surface area contributed by atoms with E-state index in [9.17, 15) is 4.79 Å². The van der Waals surface area contributed by atoms with E-state index >= 15 is 0 Å². The monoisotopic (exact) mass is 250 g/mol. The smallest absolute Gasteiger partial charge is 0.303 e. The summed E-state index contributed by atoms with van der Waals surface area (Å²) in [4.78, 5) is 10.7. The first-order valence-electron chi connectivity index (χ1n) is 6.32. The second-order valence-corrected chi connectivity index (χ2v) is 5.19. The van der Waals surface area contributed by atoms with Crippen molar-refractivity contribution >= 4 is 5.97 Å². The first-order chi connectivity index (χ1) is 8.36. The van der Waals surface area contributed by atoms with Crippen molar-refractivity contribution in [2.75, 3.05) is 6.61 Å². The topological polar surface area (TPSA) is 46.5 Å². The molecule has 18 heavy (non-hydrogen) atoms. The van der Waals surface area contributed by atoms with Crippen molar-refractivity contribution in [2.24, 2.45) is 0 Å². The Kier molecular flexibility index (Phi) is 4.76. The molecule has 0 bridgehead atoms. The zero-order chi connectivity index (χ0) is 13.8. The van der Waals surface area contributed by atoms with Crippen molar-refractivity contribution in [3.63, 3.8) is 0 Å². The molecular formula is C15H22O3. The van der Waals surface area contributed by atoms with Crippen LogP contribution in [0, 0.1) is 6.92 Å². The molecule has 0 spiro atoms. The van der Waals surface area contributed by atoms with E-state index in [4.69, 9.17) is 9.84 Å². The number of aliphatic carboxylic acids is 1. The van der Waals surface area contributed by atoms with Gasteiger partial charge in [0.25, 0.3) is 0 Å². The number of hydrogen-bond donors (Lipinski definition) is 1. The molecule has 0 amide bonds. The van der Waals surface area contributed by atoms with Crippen LogP contribution in [0.5, 0.6) is 5.75 Å². The molecule has 0 aliphatic carbocycles. The number of carboxylic acids is 1. The fraction of sp³-hybridized carbons (Fsp3) is 0.533. The summed E-state index contributed by atoms with van der Waals surface area (Å²) in [5.41, 5.74) is 2.12. The van der Waals surface area contributed by atoms with Gasteiger partial charge in [0, 0.05) is 6.42 Å². The fourth-order valence-electron chi connectivity index (χ4n) is 1.95. The lowest BCUT2D eigenvalue weighted by Crippen LogP contribution is -2.19. The quantitative estimate of drug-likeness (QED) is 0.840. The van der Waals surface area contributed by atoms with Crippen molar-refractivity contribution in [1.29, 1.82) is 0 Å². The Balaban J connectivity index is 2.88. The van der Waals surface area contributed by atoms with Crippen LogP contribution in [-0.2, 0) is 10.2 Å². The highest BCUT2D eigenvalue weighted by Crippen LogP contribution is 2.31. The summed E-state index contributed by atoms with van der Waals surface area (Å²) < 4.78 is 5.51. The van der Waals surface area contributed by atoms with Gasteiger partial charge in [-0.1, -0.05) is 26.0 Å². The van der Waals surface area contributed by atoms with Crippen molar-refractivity contribution in [3.8, 4) is 5.75 Å². The van der Waals surface area contributed by atoms with Crippen molar-refractivity contribution in [3.05, 3.63) is 29.3 Å². The zero-order valence-electron chi connectivity index (χ0n) is 11.6. The lowest BCUT2D eigenvalue weighted by molar-refractivity contribution is -0.137. The number of carbonyl (C=O) groups is 1. The SMILES string of the molecule is CCOc1ccc(C(C)(C)CCC(=O)O)cc1C. The molecule has 3 nitrogen and oxygen atoms in total. The van der Waals surface area contributed by atoms with Crippen LogP contribution < -0.4 is 4.74 Å². The highest BCUT2D eigenvalue weighted by Gasteiger charge is 2.22. The maximum absolute atomic E-state index is 10.7. The Morgan fingerprint density at radius 2 is 2.06 bits per heavy atom. The van der Waals surface area contributed by atoms with Gasteiger partial charge >= 0.3 is 5.97 Å². The summed E-state index contributed by atoms with van der Waals surface area (Å²) in [6.45, 7) is 8.78. The number of aryl methyl sites for hydroxylation is 1. The van der Waals surface area contributed by atoms with Gasteiger partial charge in [0.2, 0.25) is 0 Å². The minimum absolute atomic E-state index is 0.131. The van der Waals surface area contributed by atoms with Crippen LogP contribution in [0.3, 0.4) is 0 Å². The first kappa shape index (κ1) is 14.6. The lowest BCUT2D eigenvalue weighted by atomic mass is 9.80. The number of rotatable bonds is 6.